The van der Waals surface area contributed by atoms with Gasteiger partial charge in [0.05, 0.1) is 6.04 Å². The monoisotopic (exact) mass is 363 g/mol. The number of carbonyl (C=O) groups is 1. The molecule has 1 fully saturated rings. The van der Waals surface area contributed by atoms with Crippen LogP contribution in [0.25, 0.3) is 0 Å². The Labute approximate surface area is 145 Å². The van der Waals surface area contributed by atoms with Gasteiger partial charge in [-0.15, -0.1) is 12.4 Å². The van der Waals surface area contributed by atoms with Crippen LogP contribution in [0.4, 0.5) is 5.69 Å². The molecule has 0 aliphatic carbocycles. The van der Waals surface area contributed by atoms with Crippen LogP contribution in [-0.2, 0) is 11.3 Å². The second-order valence-electron chi connectivity index (χ2n) is 4.54. The molecule has 1 saturated heterocycles. The Bertz CT molecular complexity index is 578. The van der Waals surface area contributed by atoms with Crippen LogP contribution in [0.1, 0.15) is 12.0 Å². The van der Waals surface area contributed by atoms with E-state index >= 15 is 0 Å². The summed E-state index contributed by atoms with van der Waals surface area (Å²) in [6.45, 7) is 1.28. The van der Waals surface area contributed by atoms with Crippen LogP contribution < -0.4 is 33.2 Å². The van der Waals surface area contributed by atoms with Gasteiger partial charge in [-0.25, -0.2) is 0 Å². The van der Waals surface area contributed by atoms with E-state index in [1.165, 1.54) is 6.34 Å². The number of hydrogen-bond acceptors (Lipinski definition) is 6. The zero-order chi connectivity index (χ0) is 13.9. The summed E-state index contributed by atoms with van der Waals surface area (Å²) in [5.74, 6) is -0.00103. The standard InChI is InChI=1S/C12H13ClN6O.2ClH/c13-9-1-2-11(19-7-16-17-18-19)8(5-9)6-15-12(20)10-3-4-14-10;;/h1-2,5,7,10,14H,3-4,6H2,(H,15,20);2*1H/q+1;;/p-1/t10-;;/m0../s1. The fraction of sp³-hybridized carbons (Fsp3) is 0.333. The minimum absolute atomic E-state index is 0. The molecule has 2 aliphatic rings. The van der Waals surface area contributed by atoms with Crippen LogP contribution in [0.15, 0.2) is 28.6 Å². The van der Waals surface area contributed by atoms with Crippen LogP contribution in [0.2, 0.25) is 5.02 Å². The summed E-state index contributed by atoms with van der Waals surface area (Å²) in [7, 11) is 0. The van der Waals surface area contributed by atoms with Crippen molar-refractivity contribution in [3.8, 4) is 0 Å². The lowest BCUT2D eigenvalue weighted by atomic mass is 10.1. The number of anilines is 1. The van der Waals surface area contributed by atoms with Gasteiger partial charge in [-0.3, -0.25) is 4.79 Å². The summed E-state index contributed by atoms with van der Waals surface area (Å²) in [6.07, 6.45) is 2.38. The third-order valence-electron chi connectivity index (χ3n) is 3.23. The number of hydrogen-bond donors (Lipinski definition) is 2. The molecule has 22 heavy (non-hydrogen) atoms. The summed E-state index contributed by atoms with van der Waals surface area (Å²) in [4.78, 5) is 11.8. The number of nitrogens with one attached hydrogen (secondary N) is 2. The van der Waals surface area contributed by atoms with Gasteiger partial charge < -0.3 is 23.0 Å². The minimum atomic E-state index is -0.0781. The van der Waals surface area contributed by atoms with Crippen molar-refractivity contribution in [3.05, 3.63) is 28.8 Å². The van der Waals surface area contributed by atoms with Gasteiger partial charge in [0.1, 0.15) is 10.9 Å². The van der Waals surface area contributed by atoms with Gasteiger partial charge in [0.15, 0.2) is 5.22 Å². The smallest absolute Gasteiger partial charge is 0.292 e. The lowest BCUT2D eigenvalue weighted by Crippen LogP contribution is -3.00. The van der Waals surface area contributed by atoms with Gasteiger partial charge in [0.25, 0.3) is 6.34 Å². The highest BCUT2D eigenvalue weighted by Gasteiger charge is 2.25. The summed E-state index contributed by atoms with van der Waals surface area (Å²) < 4.78 is 0. The quantitative estimate of drug-likeness (QED) is 0.662. The third kappa shape index (κ3) is 4.07. The highest BCUT2D eigenvalue weighted by atomic mass is 35.5. The van der Waals surface area contributed by atoms with Gasteiger partial charge in [-0.1, -0.05) is 16.6 Å². The van der Waals surface area contributed by atoms with E-state index in [0.717, 1.165) is 24.2 Å². The molecule has 0 unspecified atom stereocenters. The molecule has 0 aromatic heterocycles. The van der Waals surface area contributed by atoms with Crippen molar-refractivity contribution in [2.45, 2.75) is 19.0 Å². The normalized spacial score (nSPS) is 18.2. The van der Waals surface area contributed by atoms with Crippen molar-refractivity contribution in [2.24, 2.45) is 10.4 Å². The number of rotatable bonds is 4. The molecule has 2 heterocycles. The van der Waals surface area contributed by atoms with E-state index in [1.807, 2.05) is 6.07 Å². The maximum Gasteiger partial charge on any atom is 0.292 e. The van der Waals surface area contributed by atoms with E-state index < -0.39 is 0 Å². The van der Waals surface area contributed by atoms with Crippen molar-refractivity contribution in [1.82, 2.24) is 15.7 Å². The summed E-state index contributed by atoms with van der Waals surface area (Å²) in [5, 5.41) is 19.2. The third-order valence-corrected chi connectivity index (χ3v) is 3.47. The van der Waals surface area contributed by atoms with E-state index in [2.05, 4.69) is 26.2 Å². The highest BCUT2D eigenvalue weighted by molar-refractivity contribution is 6.30. The maximum absolute atomic E-state index is 11.8. The Kier molecular flexibility index (Phi) is 7.02. The van der Waals surface area contributed by atoms with Crippen LogP contribution in [0.5, 0.6) is 0 Å². The molecule has 0 saturated carbocycles. The van der Waals surface area contributed by atoms with E-state index in [-0.39, 0.29) is 36.8 Å². The van der Waals surface area contributed by atoms with E-state index in [4.69, 9.17) is 11.6 Å². The largest absolute Gasteiger partial charge is 1.00 e. The van der Waals surface area contributed by atoms with E-state index in [0.29, 0.717) is 11.6 Å². The first-order valence-corrected chi connectivity index (χ1v) is 6.65. The van der Waals surface area contributed by atoms with Gasteiger partial charge in [-0.05, 0) is 31.2 Å². The average molecular weight is 365 g/mol. The molecule has 7 nitrogen and oxygen atoms in total. The Balaban J connectivity index is 0.00000121. The molecule has 0 bridgehead atoms. The summed E-state index contributed by atoms with van der Waals surface area (Å²) in [5.41, 5.74) is 1.65. The van der Waals surface area contributed by atoms with Crippen molar-refractivity contribution in [2.75, 3.05) is 11.6 Å². The van der Waals surface area contributed by atoms with Gasteiger partial charge in [0, 0.05) is 22.2 Å². The number of nitrogens with zero attached hydrogens (tertiary/aromatic N) is 4. The van der Waals surface area contributed by atoms with Crippen LogP contribution in [0.3, 0.4) is 0 Å². The highest BCUT2D eigenvalue weighted by Crippen LogP contribution is 2.24. The van der Waals surface area contributed by atoms with Crippen LogP contribution >= 0.6 is 24.0 Å². The number of amides is 1. The molecule has 1 aromatic carbocycles. The molecular weight excluding hydrogens is 351 g/mol. The number of benzene rings is 1. The fourth-order valence-electron chi connectivity index (χ4n) is 2.01. The van der Waals surface area contributed by atoms with E-state index in [9.17, 15) is 4.79 Å². The zero-order valence-corrected chi connectivity index (χ0v) is 13.7. The topological polar surface area (TPSA) is 83.2 Å². The van der Waals surface area contributed by atoms with Gasteiger partial charge in [0.2, 0.25) is 5.91 Å². The molecule has 10 heteroatoms. The summed E-state index contributed by atoms with van der Waals surface area (Å²) in [6, 6.07) is 5.30. The Morgan fingerprint density at radius 1 is 1.55 bits per heavy atom. The second kappa shape index (κ2) is 8.28. The van der Waals surface area contributed by atoms with Crippen molar-refractivity contribution in [3.63, 3.8) is 0 Å². The van der Waals surface area contributed by atoms with E-state index in [1.54, 1.807) is 17.1 Å². The van der Waals surface area contributed by atoms with Crippen molar-refractivity contribution < 1.29 is 17.2 Å². The number of carbonyl (C=O) groups excluding carboxylic acids is 1. The lowest BCUT2D eigenvalue weighted by molar-refractivity contribution is -0.124. The maximum atomic E-state index is 11.8. The Morgan fingerprint density at radius 3 is 2.91 bits per heavy atom. The van der Waals surface area contributed by atoms with Gasteiger partial charge >= 0.3 is 0 Å². The fourth-order valence-corrected chi connectivity index (χ4v) is 2.20. The molecule has 1 amide bonds. The second-order valence-corrected chi connectivity index (χ2v) is 4.98. The van der Waals surface area contributed by atoms with Crippen LogP contribution in [-0.4, -0.2) is 24.8 Å². The van der Waals surface area contributed by atoms with Gasteiger partial charge in [-0.2, -0.15) is 0 Å². The first kappa shape index (κ1) is 18.6. The molecule has 2 N–H and O–H groups in total. The molecule has 1 radical (unpaired) electrons. The molecule has 3 rings (SSSR count). The molecule has 1 aromatic rings. The van der Waals surface area contributed by atoms with Crippen LogP contribution in [0, 0.1) is 0 Å². The molecule has 0 spiro atoms. The average Bonchev–Trinajstić information content (AvgIpc) is 2.88. The summed E-state index contributed by atoms with van der Waals surface area (Å²) >= 11 is 6.01. The molecule has 119 valence electrons. The lowest BCUT2D eigenvalue weighted by Gasteiger charge is -2.26. The zero-order valence-electron chi connectivity index (χ0n) is 11.4. The van der Waals surface area contributed by atoms with Crippen molar-refractivity contribution in [1.29, 1.82) is 0 Å². The Morgan fingerprint density at radius 2 is 2.32 bits per heavy atom. The first-order chi connectivity index (χ1) is 9.74. The van der Waals surface area contributed by atoms with Crippen molar-refractivity contribution >= 4 is 41.9 Å². The minimum Gasteiger partial charge on any atom is -1.00 e. The SMILES string of the molecule is Cl.O=C(NCc1cc(Cl)ccc1N1C=[N+]N=N1)[C@@H]1CCN1.[Cl-]. The number of halogens is 3. The molecule has 2 aliphatic heterocycles. The Hall–Kier alpha value is -1.41. The predicted octanol–water partition coefficient (Wildman–Crippen LogP) is -1.79. The predicted molar refractivity (Wildman–Crippen MR) is 82.5 cm³/mol. The molecular formula is C12H14Cl3N6O. The first-order valence-electron chi connectivity index (χ1n) is 6.27. The molecule has 1 atom stereocenters.